The maximum atomic E-state index is 9.83. The summed E-state index contributed by atoms with van der Waals surface area (Å²) in [6.45, 7) is 4.02. The van der Waals surface area contributed by atoms with Crippen LogP contribution >= 0.6 is 0 Å². The number of nitrogens with two attached hydrogens (primary N) is 1. The Kier molecular flexibility index (Phi) is 3.46. The van der Waals surface area contributed by atoms with Gasteiger partial charge >= 0.3 is 0 Å². The molecule has 1 aromatic rings. The Morgan fingerprint density at radius 2 is 1.69 bits per heavy atom. The van der Waals surface area contributed by atoms with Crippen molar-refractivity contribution in [1.82, 2.24) is 0 Å². The third kappa shape index (κ3) is 2.54. The molecule has 0 heterocycles. The molecule has 0 bridgehead atoms. The molecule has 0 aromatic heterocycles. The van der Waals surface area contributed by atoms with Gasteiger partial charge in [0.25, 0.3) is 0 Å². The van der Waals surface area contributed by atoms with Crippen LogP contribution in [0.15, 0.2) is 30.3 Å². The second-order valence-corrected chi connectivity index (χ2v) is 3.68. The fourth-order valence-corrected chi connectivity index (χ4v) is 1.24. The summed E-state index contributed by atoms with van der Waals surface area (Å²) in [6.07, 6.45) is -0.554. The zero-order valence-electron chi connectivity index (χ0n) is 8.14. The summed E-state index contributed by atoms with van der Waals surface area (Å²) in [5.41, 5.74) is 6.73. The third-order valence-electron chi connectivity index (χ3n) is 2.28. The van der Waals surface area contributed by atoms with E-state index >= 15 is 0 Å². The van der Waals surface area contributed by atoms with Crippen LogP contribution in [-0.2, 0) is 0 Å². The van der Waals surface area contributed by atoms with Gasteiger partial charge in [0.05, 0.1) is 6.10 Å². The molecule has 3 N–H and O–H groups in total. The van der Waals surface area contributed by atoms with Crippen LogP contribution in [-0.4, -0.2) is 11.1 Å². The number of rotatable bonds is 3. The minimum Gasteiger partial charge on any atom is -0.387 e. The van der Waals surface area contributed by atoms with Crippen molar-refractivity contribution in [3.05, 3.63) is 35.9 Å². The largest absolute Gasteiger partial charge is 0.387 e. The van der Waals surface area contributed by atoms with Crippen LogP contribution in [0.25, 0.3) is 0 Å². The molecule has 0 saturated heterocycles. The van der Waals surface area contributed by atoms with Crippen molar-refractivity contribution in [2.45, 2.75) is 26.0 Å². The first-order valence-corrected chi connectivity index (χ1v) is 4.61. The maximum absolute atomic E-state index is 9.83. The average Bonchev–Trinajstić information content (AvgIpc) is 2.17. The molecule has 13 heavy (non-hydrogen) atoms. The van der Waals surface area contributed by atoms with Crippen molar-refractivity contribution in [1.29, 1.82) is 0 Å². The second kappa shape index (κ2) is 4.40. The fourth-order valence-electron chi connectivity index (χ4n) is 1.24. The van der Waals surface area contributed by atoms with Gasteiger partial charge in [-0.2, -0.15) is 0 Å². The van der Waals surface area contributed by atoms with Crippen LogP contribution in [0, 0.1) is 5.92 Å². The molecule has 72 valence electrons. The van der Waals surface area contributed by atoms with E-state index in [-0.39, 0.29) is 12.0 Å². The predicted molar refractivity (Wildman–Crippen MR) is 54.2 cm³/mol. The molecule has 0 amide bonds. The van der Waals surface area contributed by atoms with E-state index < -0.39 is 6.10 Å². The molecule has 1 aromatic carbocycles. The van der Waals surface area contributed by atoms with Crippen molar-refractivity contribution in [2.75, 3.05) is 0 Å². The van der Waals surface area contributed by atoms with Crippen LogP contribution in [0.1, 0.15) is 25.5 Å². The molecule has 0 aliphatic carbocycles. The van der Waals surface area contributed by atoms with Crippen LogP contribution in [0.5, 0.6) is 0 Å². The number of benzene rings is 1. The van der Waals surface area contributed by atoms with Gasteiger partial charge in [-0.05, 0) is 11.5 Å². The zero-order valence-corrected chi connectivity index (χ0v) is 8.14. The highest BCUT2D eigenvalue weighted by Gasteiger charge is 2.19. The van der Waals surface area contributed by atoms with Crippen molar-refractivity contribution >= 4 is 0 Å². The number of hydrogen-bond acceptors (Lipinski definition) is 2. The first-order valence-electron chi connectivity index (χ1n) is 4.61. The van der Waals surface area contributed by atoms with Gasteiger partial charge in [0.15, 0.2) is 0 Å². The number of aliphatic hydroxyl groups excluding tert-OH is 1. The van der Waals surface area contributed by atoms with Gasteiger partial charge in [-0.3, -0.25) is 0 Å². The van der Waals surface area contributed by atoms with E-state index in [0.717, 1.165) is 5.56 Å². The van der Waals surface area contributed by atoms with Gasteiger partial charge in [0.1, 0.15) is 0 Å². The summed E-state index contributed by atoms with van der Waals surface area (Å²) in [4.78, 5) is 0. The topological polar surface area (TPSA) is 46.2 Å². The number of aliphatic hydroxyl groups is 1. The van der Waals surface area contributed by atoms with Crippen molar-refractivity contribution < 1.29 is 5.11 Å². The predicted octanol–water partition coefficient (Wildman–Crippen LogP) is 1.70. The Hall–Kier alpha value is -0.860. The SMILES string of the molecule is CC(C)C(N)C(O)c1ccccc1. The lowest BCUT2D eigenvalue weighted by atomic mass is 9.94. The van der Waals surface area contributed by atoms with Gasteiger partial charge in [-0.25, -0.2) is 0 Å². The van der Waals surface area contributed by atoms with E-state index in [1.807, 2.05) is 44.2 Å². The molecule has 2 nitrogen and oxygen atoms in total. The van der Waals surface area contributed by atoms with Crippen molar-refractivity contribution in [3.63, 3.8) is 0 Å². The summed E-state index contributed by atoms with van der Waals surface area (Å²) in [7, 11) is 0. The second-order valence-electron chi connectivity index (χ2n) is 3.68. The van der Waals surface area contributed by atoms with Gasteiger partial charge in [-0.1, -0.05) is 44.2 Å². The third-order valence-corrected chi connectivity index (χ3v) is 2.28. The first-order chi connectivity index (χ1) is 6.13. The van der Waals surface area contributed by atoms with Crippen LogP contribution in [0.4, 0.5) is 0 Å². The summed E-state index contributed by atoms with van der Waals surface area (Å²) in [5.74, 6) is 0.287. The lowest BCUT2D eigenvalue weighted by Crippen LogP contribution is -2.33. The van der Waals surface area contributed by atoms with Crippen LogP contribution < -0.4 is 5.73 Å². The van der Waals surface area contributed by atoms with E-state index in [4.69, 9.17) is 5.73 Å². The molecule has 0 saturated carbocycles. The molecule has 2 heteroatoms. The highest BCUT2D eigenvalue weighted by atomic mass is 16.3. The standard InChI is InChI=1S/C11H17NO/c1-8(2)10(12)11(13)9-6-4-3-5-7-9/h3-8,10-11,13H,12H2,1-2H3. The molecule has 2 atom stereocenters. The monoisotopic (exact) mass is 179 g/mol. The Labute approximate surface area is 79.4 Å². The van der Waals surface area contributed by atoms with E-state index in [9.17, 15) is 5.11 Å². The zero-order chi connectivity index (χ0) is 9.84. The lowest BCUT2D eigenvalue weighted by molar-refractivity contribution is 0.126. The lowest BCUT2D eigenvalue weighted by Gasteiger charge is -2.22. The van der Waals surface area contributed by atoms with E-state index in [1.165, 1.54) is 0 Å². The minimum absolute atomic E-state index is 0.192. The summed E-state index contributed by atoms with van der Waals surface area (Å²) in [6, 6.07) is 9.34. The smallest absolute Gasteiger partial charge is 0.0943 e. The fraction of sp³-hybridized carbons (Fsp3) is 0.455. The quantitative estimate of drug-likeness (QED) is 0.742. The molecular weight excluding hydrogens is 162 g/mol. The minimum atomic E-state index is -0.554. The molecular formula is C11H17NO. The molecule has 0 aliphatic heterocycles. The van der Waals surface area contributed by atoms with E-state index in [1.54, 1.807) is 0 Å². The van der Waals surface area contributed by atoms with Crippen LogP contribution in [0.2, 0.25) is 0 Å². The average molecular weight is 179 g/mol. The first kappa shape index (κ1) is 10.2. The van der Waals surface area contributed by atoms with Gasteiger partial charge in [0, 0.05) is 6.04 Å². The Bertz CT molecular complexity index is 246. The summed E-state index contributed by atoms with van der Waals surface area (Å²) in [5, 5.41) is 9.83. The normalized spacial score (nSPS) is 15.8. The maximum Gasteiger partial charge on any atom is 0.0943 e. The Balaban J connectivity index is 2.73. The van der Waals surface area contributed by atoms with Crippen molar-refractivity contribution in [3.8, 4) is 0 Å². The molecule has 0 radical (unpaired) electrons. The Morgan fingerprint density at radius 1 is 1.15 bits per heavy atom. The molecule has 2 unspecified atom stereocenters. The molecule has 0 aliphatic rings. The van der Waals surface area contributed by atoms with Crippen molar-refractivity contribution in [2.24, 2.45) is 11.7 Å². The van der Waals surface area contributed by atoms with E-state index in [2.05, 4.69) is 0 Å². The molecule has 1 rings (SSSR count). The summed E-state index contributed by atoms with van der Waals surface area (Å²) >= 11 is 0. The summed E-state index contributed by atoms with van der Waals surface area (Å²) < 4.78 is 0. The molecule has 0 spiro atoms. The molecule has 0 fully saturated rings. The Morgan fingerprint density at radius 3 is 2.15 bits per heavy atom. The van der Waals surface area contributed by atoms with Gasteiger partial charge < -0.3 is 10.8 Å². The highest BCUT2D eigenvalue weighted by molar-refractivity contribution is 5.18. The highest BCUT2D eigenvalue weighted by Crippen LogP contribution is 2.19. The van der Waals surface area contributed by atoms with Gasteiger partial charge in [-0.15, -0.1) is 0 Å². The van der Waals surface area contributed by atoms with Gasteiger partial charge in [0.2, 0.25) is 0 Å². The number of hydrogen-bond donors (Lipinski definition) is 2. The van der Waals surface area contributed by atoms with Crippen LogP contribution in [0.3, 0.4) is 0 Å². The van der Waals surface area contributed by atoms with E-state index in [0.29, 0.717) is 0 Å².